The SMILES string of the molecule is CSc1ccc(Cc2ccc(C#N)cc2CN(C)C)cc1C. The summed E-state index contributed by atoms with van der Waals surface area (Å²) in [5, 5.41) is 9.10. The maximum Gasteiger partial charge on any atom is 0.0991 e. The average Bonchev–Trinajstić information content (AvgIpc) is 2.48. The van der Waals surface area contributed by atoms with Crippen molar-refractivity contribution in [2.24, 2.45) is 0 Å². The van der Waals surface area contributed by atoms with Gasteiger partial charge in [0.1, 0.15) is 0 Å². The lowest BCUT2D eigenvalue weighted by atomic mass is 9.97. The van der Waals surface area contributed by atoms with Gasteiger partial charge in [-0.3, -0.25) is 0 Å². The van der Waals surface area contributed by atoms with Gasteiger partial charge in [-0.15, -0.1) is 11.8 Å². The van der Waals surface area contributed by atoms with Gasteiger partial charge in [-0.2, -0.15) is 5.26 Å². The Bertz CT molecular complexity index is 699. The van der Waals surface area contributed by atoms with Crippen LogP contribution in [0.2, 0.25) is 0 Å². The summed E-state index contributed by atoms with van der Waals surface area (Å²) in [6, 6.07) is 14.9. The van der Waals surface area contributed by atoms with Gasteiger partial charge < -0.3 is 4.90 Å². The molecule has 0 saturated carbocycles. The molecule has 0 N–H and O–H groups in total. The minimum atomic E-state index is 0.731. The van der Waals surface area contributed by atoms with Crippen LogP contribution < -0.4 is 0 Å². The van der Waals surface area contributed by atoms with Crippen molar-refractivity contribution in [1.82, 2.24) is 4.90 Å². The number of rotatable bonds is 5. The summed E-state index contributed by atoms with van der Waals surface area (Å²) >= 11 is 1.78. The molecule has 0 saturated heterocycles. The van der Waals surface area contributed by atoms with E-state index in [2.05, 4.69) is 62.5 Å². The van der Waals surface area contributed by atoms with Gasteiger partial charge in [0.05, 0.1) is 11.6 Å². The molecule has 0 spiro atoms. The van der Waals surface area contributed by atoms with Gasteiger partial charge in [-0.05, 0) is 74.1 Å². The lowest BCUT2D eigenvalue weighted by molar-refractivity contribution is 0.401. The Morgan fingerprint density at radius 2 is 1.86 bits per heavy atom. The maximum absolute atomic E-state index is 9.10. The number of benzene rings is 2. The number of hydrogen-bond acceptors (Lipinski definition) is 3. The van der Waals surface area contributed by atoms with E-state index >= 15 is 0 Å². The second kappa shape index (κ2) is 7.49. The van der Waals surface area contributed by atoms with Crippen LogP contribution >= 0.6 is 11.8 Å². The zero-order valence-corrected chi connectivity index (χ0v) is 14.5. The summed E-state index contributed by atoms with van der Waals surface area (Å²) in [6.07, 6.45) is 3.02. The van der Waals surface area contributed by atoms with Crippen LogP contribution in [0.25, 0.3) is 0 Å². The summed E-state index contributed by atoms with van der Waals surface area (Å²) in [4.78, 5) is 3.47. The van der Waals surface area contributed by atoms with Crippen molar-refractivity contribution < 1.29 is 0 Å². The van der Waals surface area contributed by atoms with E-state index < -0.39 is 0 Å². The van der Waals surface area contributed by atoms with Crippen molar-refractivity contribution in [3.8, 4) is 6.07 Å². The average molecular weight is 310 g/mol. The first-order chi connectivity index (χ1) is 10.5. The number of thioether (sulfide) groups is 1. The van der Waals surface area contributed by atoms with Gasteiger partial charge in [0.25, 0.3) is 0 Å². The molecule has 0 aliphatic rings. The molecule has 22 heavy (non-hydrogen) atoms. The van der Waals surface area contributed by atoms with Gasteiger partial charge in [-0.25, -0.2) is 0 Å². The van der Waals surface area contributed by atoms with Crippen molar-refractivity contribution in [1.29, 1.82) is 5.26 Å². The predicted octanol–water partition coefficient (Wildman–Crippen LogP) is 4.24. The number of nitrogens with zero attached hydrogens (tertiary/aromatic N) is 2. The van der Waals surface area contributed by atoms with E-state index in [9.17, 15) is 0 Å². The van der Waals surface area contributed by atoms with Gasteiger partial charge >= 0.3 is 0 Å². The third kappa shape index (κ3) is 4.13. The molecule has 0 amide bonds. The van der Waals surface area contributed by atoms with E-state index in [1.54, 1.807) is 11.8 Å². The summed E-state index contributed by atoms with van der Waals surface area (Å²) in [7, 11) is 4.11. The van der Waals surface area contributed by atoms with E-state index in [0.29, 0.717) is 0 Å². The fourth-order valence-electron chi connectivity index (χ4n) is 2.63. The Kier molecular flexibility index (Phi) is 5.65. The molecule has 0 heterocycles. The summed E-state index contributed by atoms with van der Waals surface area (Å²) in [5.74, 6) is 0. The quantitative estimate of drug-likeness (QED) is 0.773. The molecule has 2 rings (SSSR count). The highest BCUT2D eigenvalue weighted by Crippen LogP contribution is 2.23. The molecule has 2 aromatic rings. The first-order valence-electron chi connectivity index (χ1n) is 7.33. The van der Waals surface area contributed by atoms with Gasteiger partial charge in [0, 0.05) is 11.4 Å². The minimum absolute atomic E-state index is 0.731. The highest BCUT2D eigenvalue weighted by molar-refractivity contribution is 7.98. The molecule has 0 aliphatic heterocycles. The Balaban J connectivity index is 2.32. The largest absolute Gasteiger partial charge is 0.305 e. The molecule has 2 aromatic carbocycles. The van der Waals surface area contributed by atoms with E-state index in [4.69, 9.17) is 5.26 Å². The molecular weight excluding hydrogens is 288 g/mol. The fraction of sp³-hybridized carbons (Fsp3) is 0.316. The second-order valence-electron chi connectivity index (χ2n) is 5.81. The minimum Gasteiger partial charge on any atom is -0.305 e. The fourth-order valence-corrected chi connectivity index (χ4v) is 3.21. The van der Waals surface area contributed by atoms with Crippen molar-refractivity contribution in [3.63, 3.8) is 0 Å². The molecule has 0 unspecified atom stereocenters. The van der Waals surface area contributed by atoms with Crippen LogP contribution in [0.1, 0.15) is 27.8 Å². The van der Waals surface area contributed by atoms with Crippen LogP contribution in [0.3, 0.4) is 0 Å². The van der Waals surface area contributed by atoms with Crippen molar-refractivity contribution in [2.75, 3.05) is 20.4 Å². The highest BCUT2D eigenvalue weighted by atomic mass is 32.2. The summed E-state index contributed by atoms with van der Waals surface area (Å²) in [6.45, 7) is 3.02. The number of hydrogen-bond donors (Lipinski definition) is 0. The molecule has 0 aromatic heterocycles. The number of nitriles is 1. The normalized spacial score (nSPS) is 10.7. The van der Waals surface area contributed by atoms with Gasteiger partial charge in [0.2, 0.25) is 0 Å². The van der Waals surface area contributed by atoms with Gasteiger partial charge in [0.15, 0.2) is 0 Å². The second-order valence-corrected chi connectivity index (χ2v) is 6.66. The molecule has 0 fully saturated rings. The third-order valence-corrected chi connectivity index (χ3v) is 4.57. The molecular formula is C19H22N2S. The predicted molar refractivity (Wildman–Crippen MR) is 94.3 cm³/mol. The summed E-state index contributed by atoms with van der Waals surface area (Å²) < 4.78 is 0. The first-order valence-corrected chi connectivity index (χ1v) is 8.56. The first kappa shape index (κ1) is 16.6. The molecule has 0 radical (unpaired) electrons. The lowest BCUT2D eigenvalue weighted by Crippen LogP contribution is -2.12. The van der Waals surface area contributed by atoms with Crippen molar-refractivity contribution in [3.05, 3.63) is 64.2 Å². The Morgan fingerprint density at radius 3 is 2.45 bits per heavy atom. The zero-order valence-electron chi connectivity index (χ0n) is 13.7. The molecule has 2 nitrogen and oxygen atoms in total. The molecule has 0 atom stereocenters. The van der Waals surface area contributed by atoms with Crippen molar-refractivity contribution in [2.45, 2.75) is 24.8 Å². The lowest BCUT2D eigenvalue weighted by Gasteiger charge is -2.15. The third-order valence-electron chi connectivity index (χ3n) is 3.68. The van der Waals surface area contributed by atoms with Crippen LogP contribution in [0.4, 0.5) is 0 Å². The summed E-state index contributed by atoms with van der Waals surface area (Å²) in [5.41, 5.74) is 5.90. The Morgan fingerprint density at radius 1 is 1.09 bits per heavy atom. The molecule has 0 aliphatic carbocycles. The topological polar surface area (TPSA) is 27.0 Å². The van der Waals surface area contributed by atoms with Crippen LogP contribution in [0, 0.1) is 18.3 Å². The molecule has 0 bridgehead atoms. The Labute approximate surface area is 137 Å². The van der Waals surface area contributed by atoms with E-state index in [-0.39, 0.29) is 0 Å². The van der Waals surface area contributed by atoms with Crippen molar-refractivity contribution >= 4 is 11.8 Å². The Hall–Kier alpha value is -1.76. The molecule has 3 heteroatoms. The van der Waals surface area contributed by atoms with Gasteiger partial charge in [-0.1, -0.05) is 18.2 Å². The molecule has 114 valence electrons. The highest BCUT2D eigenvalue weighted by Gasteiger charge is 2.08. The van der Waals surface area contributed by atoms with E-state index in [1.807, 2.05) is 12.1 Å². The zero-order chi connectivity index (χ0) is 16.1. The number of aryl methyl sites for hydroxylation is 1. The van der Waals surface area contributed by atoms with E-state index in [0.717, 1.165) is 18.5 Å². The maximum atomic E-state index is 9.10. The van der Waals surface area contributed by atoms with Crippen LogP contribution in [-0.4, -0.2) is 25.3 Å². The van der Waals surface area contributed by atoms with E-state index in [1.165, 1.54) is 27.1 Å². The van der Waals surface area contributed by atoms with Crippen LogP contribution in [0.15, 0.2) is 41.3 Å². The standard InChI is InChI=1S/C19H22N2S/c1-14-9-15(6-8-19(14)22-4)10-17-7-5-16(12-20)11-18(17)13-21(2)3/h5-9,11H,10,13H2,1-4H3. The van der Waals surface area contributed by atoms with Crippen LogP contribution in [0.5, 0.6) is 0 Å². The monoisotopic (exact) mass is 310 g/mol. The smallest absolute Gasteiger partial charge is 0.0991 e. The van der Waals surface area contributed by atoms with Crippen LogP contribution in [-0.2, 0) is 13.0 Å².